The molecule has 3 heterocycles. The Morgan fingerprint density at radius 1 is 1.23 bits per heavy atom. The largest absolute Gasteiger partial charge is 0.391 e. The van der Waals surface area contributed by atoms with Crippen LogP contribution < -0.4 is 15.5 Å². The van der Waals surface area contributed by atoms with Crippen LogP contribution in [0.25, 0.3) is 0 Å². The Bertz CT molecular complexity index is 704. The summed E-state index contributed by atoms with van der Waals surface area (Å²) in [7, 11) is 5.99. The number of nitrogens with one attached hydrogen (secondary N) is 2. The number of β-amino-alcohol motifs (C(OH)–C–C–N with tert-alkyl or cyclic N) is 1. The molecule has 0 aromatic carbocycles. The lowest BCUT2D eigenvalue weighted by molar-refractivity contribution is 0.191. The third kappa shape index (κ3) is 4.83. The van der Waals surface area contributed by atoms with Gasteiger partial charge in [0.2, 0.25) is 0 Å². The number of likely N-dealkylation sites (N-methyl/N-ethyl adjacent to an activating group) is 1. The highest BCUT2D eigenvalue weighted by atomic mass is 16.3. The minimum Gasteiger partial charge on any atom is -0.391 e. The molecule has 2 aromatic rings. The van der Waals surface area contributed by atoms with Gasteiger partial charge in [0.25, 0.3) is 0 Å². The predicted octanol–water partition coefficient (Wildman–Crippen LogP) is 0.235. The van der Waals surface area contributed by atoms with Gasteiger partial charge in [0.15, 0.2) is 0 Å². The first-order valence-electron chi connectivity index (χ1n) is 8.90. The van der Waals surface area contributed by atoms with Gasteiger partial charge in [-0.2, -0.15) is 5.10 Å². The van der Waals surface area contributed by atoms with Gasteiger partial charge in [-0.15, -0.1) is 0 Å². The first-order chi connectivity index (χ1) is 12.5. The van der Waals surface area contributed by atoms with Gasteiger partial charge in [0, 0.05) is 57.6 Å². The number of hydrogen-bond acceptors (Lipinski definition) is 8. The van der Waals surface area contributed by atoms with Crippen molar-refractivity contribution >= 4 is 17.5 Å². The van der Waals surface area contributed by atoms with Crippen molar-refractivity contribution in [1.82, 2.24) is 24.6 Å². The van der Waals surface area contributed by atoms with E-state index in [9.17, 15) is 5.11 Å². The van der Waals surface area contributed by atoms with Crippen LogP contribution in [0.15, 0.2) is 24.7 Å². The topological polar surface area (TPSA) is 94.4 Å². The van der Waals surface area contributed by atoms with Crippen molar-refractivity contribution in [2.24, 2.45) is 7.05 Å². The highest BCUT2D eigenvalue weighted by Gasteiger charge is 2.32. The Morgan fingerprint density at radius 3 is 2.69 bits per heavy atom. The van der Waals surface area contributed by atoms with Crippen molar-refractivity contribution in [3.63, 3.8) is 0 Å². The number of aliphatic hydroxyl groups excluding tert-OH is 1. The Labute approximate surface area is 154 Å². The van der Waals surface area contributed by atoms with Gasteiger partial charge in [-0.05, 0) is 20.5 Å². The third-order valence-corrected chi connectivity index (χ3v) is 4.37. The molecule has 0 bridgehead atoms. The van der Waals surface area contributed by atoms with Gasteiger partial charge in [-0.3, -0.25) is 4.68 Å². The summed E-state index contributed by atoms with van der Waals surface area (Å²) in [6, 6.07) is 4.14. The lowest BCUT2D eigenvalue weighted by Crippen LogP contribution is -2.38. The van der Waals surface area contributed by atoms with E-state index in [-0.39, 0.29) is 12.1 Å². The quantitative estimate of drug-likeness (QED) is 0.576. The molecule has 3 N–H and O–H groups in total. The molecule has 0 amide bonds. The molecule has 1 aliphatic heterocycles. The SMILES string of the molecule is CN(C)C[C@H]1C[C@@H](O)CN1c1cc(NCCNc2ccn(C)n2)ncn1. The zero-order chi connectivity index (χ0) is 18.5. The first kappa shape index (κ1) is 18.4. The van der Waals surface area contributed by atoms with Gasteiger partial charge in [-0.1, -0.05) is 0 Å². The summed E-state index contributed by atoms with van der Waals surface area (Å²) >= 11 is 0. The van der Waals surface area contributed by atoms with Gasteiger partial charge < -0.3 is 25.5 Å². The van der Waals surface area contributed by atoms with Gasteiger partial charge in [0.1, 0.15) is 23.8 Å². The lowest BCUT2D eigenvalue weighted by atomic mass is 10.2. The second-order valence-electron chi connectivity index (χ2n) is 6.95. The zero-order valence-corrected chi connectivity index (χ0v) is 15.6. The maximum absolute atomic E-state index is 10.1. The smallest absolute Gasteiger partial charge is 0.148 e. The number of anilines is 3. The maximum Gasteiger partial charge on any atom is 0.148 e. The summed E-state index contributed by atoms with van der Waals surface area (Å²) in [5.41, 5.74) is 0. The molecule has 26 heavy (non-hydrogen) atoms. The fourth-order valence-electron chi connectivity index (χ4n) is 3.26. The molecule has 0 radical (unpaired) electrons. The molecule has 0 saturated carbocycles. The highest BCUT2D eigenvalue weighted by molar-refractivity contribution is 5.50. The molecule has 2 atom stereocenters. The monoisotopic (exact) mass is 360 g/mol. The molecule has 1 fully saturated rings. The molecular formula is C17H28N8O. The van der Waals surface area contributed by atoms with Crippen LogP contribution in [0.3, 0.4) is 0 Å². The number of hydrogen-bond donors (Lipinski definition) is 3. The minimum absolute atomic E-state index is 0.258. The van der Waals surface area contributed by atoms with Crippen LogP contribution >= 0.6 is 0 Å². The molecule has 0 spiro atoms. The van der Waals surface area contributed by atoms with E-state index in [2.05, 4.69) is 35.5 Å². The van der Waals surface area contributed by atoms with Crippen LogP contribution in [0.5, 0.6) is 0 Å². The van der Waals surface area contributed by atoms with E-state index in [1.54, 1.807) is 11.0 Å². The molecule has 1 saturated heterocycles. The van der Waals surface area contributed by atoms with E-state index in [0.717, 1.165) is 43.5 Å². The summed E-state index contributed by atoms with van der Waals surface area (Å²) in [6.45, 7) is 2.95. The highest BCUT2D eigenvalue weighted by Crippen LogP contribution is 2.25. The van der Waals surface area contributed by atoms with Crippen LogP contribution in [0.4, 0.5) is 17.5 Å². The van der Waals surface area contributed by atoms with E-state index in [1.165, 1.54) is 0 Å². The van der Waals surface area contributed by atoms with Gasteiger partial charge in [-0.25, -0.2) is 9.97 Å². The molecule has 3 rings (SSSR count). The van der Waals surface area contributed by atoms with Crippen molar-refractivity contribution in [3.05, 3.63) is 24.7 Å². The molecule has 1 aliphatic rings. The molecule has 142 valence electrons. The second-order valence-corrected chi connectivity index (χ2v) is 6.95. The van der Waals surface area contributed by atoms with Crippen LogP contribution in [-0.4, -0.2) is 82.2 Å². The normalized spacial score (nSPS) is 20.0. The van der Waals surface area contributed by atoms with Crippen LogP contribution in [0.2, 0.25) is 0 Å². The second kappa shape index (κ2) is 8.33. The Hall–Kier alpha value is -2.39. The Kier molecular flexibility index (Phi) is 5.89. The molecule has 0 unspecified atom stereocenters. The van der Waals surface area contributed by atoms with Crippen molar-refractivity contribution in [2.45, 2.75) is 18.6 Å². The van der Waals surface area contributed by atoms with Crippen molar-refractivity contribution in [2.75, 3.05) is 55.8 Å². The summed E-state index contributed by atoms with van der Waals surface area (Å²) in [4.78, 5) is 13.0. The lowest BCUT2D eigenvalue weighted by Gasteiger charge is -2.27. The van der Waals surface area contributed by atoms with Crippen molar-refractivity contribution in [3.8, 4) is 0 Å². The maximum atomic E-state index is 10.1. The van der Waals surface area contributed by atoms with E-state index in [0.29, 0.717) is 6.54 Å². The van der Waals surface area contributed by atoms with E-state index < -0.39 is 0 Å². The standard InChI is InChI=1S/C17H28N8O/c1-23(2)10-13-8-14(26)11-25(13)17-9-16(20-12-21-17)19-6-5-18-15-4-7-24(3)22-15/h4,7,9,12-14,26H,5-6,8,10-11H2,1-3H3,(H,18,22)(H,19,20,21)/t13-,14-/m1/s1. The first-order valence-corrected chi connectivity index (χ1v) is 8.90. The molecule has 9 heteroatoms. The average Bonchev–Trinajstić information content (AvgIpc) is 3.17. The van der Waals surface area contributed by atoms with Gasteiger partial charge >= 0.3 is 0 Å². The average molecular weight is 360 g/mol. The van der Waals surface area contributed by atoms with E-state index >= 15 is 0 Å². The summed E-state index contributed by atoms with van der Waals surface area (Å²) in [5, 5.41) is 20.9. The van der Waals surface area contributed by atoms with Gasteiger partial charge in [0.05, 0.1) is 6.10 Å². The molecular weight excluding hydrogens is 332 g/mol. The van der Waals surface area contributed by atoms with Crippen molar-refractivity contribution < 1.29 is 5.11 Å². The number of rotatable bonds is 8. The fraction of sp³-hybridized carbons (Fsp3) is 0.588. The van der Waals surface area contributed by atoms with E-state index in [4.69, 9.17) is 0 Å². The summed E-state index contributed by atoms with van der Waals surface area (Å²) in [5.74, 6) is 2.49. The predicted molar refractivity (Wildman–Crippen MR) is 103 cm³/mol. The Morgan fingerprint density at radius 2 is 2.00 bits per heavy atom. The molecule has 9 nitrogen and oxygen atoms in total. The van der Waals surface area contributed by atoms with Crippen LogP contribution in [0, 0.1) is 0 Å². The number of aryl methyl sites for hydroxylation is 1. The minimum atomic E-state index is -0.311. The zero-order valence-electron chi connectivity index (χ0n) is 15.6. The fourth-order valence-corrected chi connectivity index (χ4v) is 3.26. The summed E-state index contributed by atoms with van der Waals surface area (Å²) in [6.07, 6.45) is 3.93. The number of aliphatic hydroxyl groups is 1. The molecule has 0 aliphatic carbocycles. The van der Waals surface area contributed by atoms with Crippen LogP contribution in [0.1, 0.15) is 6.42 Å². The van der Waals surface area contributed by atoms with Crippen LogP contribution in [-0.2, 0) is 7.05 Å². The number of aromatic nitrogens is 4. The number of nitrogens with zero attached hydrogens (tertiary/aromatic N) is 6. The van der Waals surface area contributed by atoms with E-state index in [1.807, 2.05) is 39.5 Å². The Balaban J connectivity index is 1.55. The van der Waals surface area contributed by atoms with Crippen molar-refractivity contribution in [1.29, 1.82) is 0 Å². The third-order valence-electron chi connectivity index (χ3n) is 4.37. The summed E-state index contributed by atoms with van der Waals surface area (Å²) < 4.78 is 1.76. The molecule has 2 aromatic heterocycles.